The Bertz CT molecular complexity index is 1460. The van der Waals surface area contributed by atoms with E-state index in [1.165, 1.54) is 12.1 Å². The van der Waals surface area contributed by atoms with E-state index in [1.54, 1.807) is 32.1 Å². The molecule has 8 nitrogen and oxygen atoms in total. The van der Waals surface area contributed by atoms with Crippen molar-refractivity contribution in [1.29, 1.82) is 0 Å². The lowest BCUT2D eigenvalue weighted by atomic mass is 10.1. The monoisotopic (exact) mass is 541 g/mol. The van der Waals surface area contributed by atoms with E-state index in [4.69, 9.17) is 24.2 Å². The van der Waals surface area contributed by atoms with Gasteiger partial charge in [-0.25, -0.2) is 9.97 Å². The third-order valence-electron chi connectivity index (χ3n) is 6.11. The Labute approximate surface area is 224 Å². The number of nitrogens with one attached hydrogen (secondary N) is 1. The molecule has 4 rings (SSSR count). The molecule has 1 N–H and O–H groups in total. The molecule has 2 aromatic heterocycles. The number of hydrogen-bond donors (Lipinski definition) is 1. The zero-order valence-corrected chi connectivity index (χ0v) is 22.4. The average molecular weight is 542 g/mol. The van der Waals surface area contributed by atoms with E-state index in [9.17, 15) is 13.2 Å². The fourth-order valence-electron chi connectivity index (χ4n) is 4.23. The van der Waals surface area contributed by atoms with Crippen LogP contribution in [0.2, 0.25) is 0 Å². The van der Waals surface area contributed by atoms with Crippen molar-refractivity contribution in [3.05, 3.63) is 64.6 Å². The van der Waals surface area contributed by atoms with Gasteiger partial charge in [0.15, 0.2) is 23.1 Å². The van der Waals surface area contributed by atoms with Crippen molar-refractivity contribution in [2.75, 3.05) is 26.6 Å². The number of aryl methyl sites for hydroxylation is 2. The van der Waals surface area contributed by atoms with Gasteiger partial charge in [-0.2, -0.15) is 18.3 Å². The van der Waals surface area contributed by atoms with Crippen LogP contribution in [0.15, 0.2) is 36.4 Å². The molecule has 0 radical (unpaired) electrons. The fourth-order valence-corrected chi connectivity index (χ4v) is 4.23. The molecule has 0 bridgehead atoms. The molecule has 0 saturated carbocycles. The standard InChI is InChI=1S/C28H30F3N5O3/c1-6-7-20-24-25(36(2)35-20)27(32-16-17-8-11-19(12-9-17)28(29,30)31)34-23(33-24)13-10-18-14-21(37-3)26(39-5)22(15-18)38-4/h8-15H,6-7,16H2,1-5H3,(H,32,33,34)/b13-10+. The Hall–Kier alpha value is -4.28. The maximum absolute atomic E-state index is 12.9. The van der Waals surface area contributed by atoms with Gasteiger partial charge in [-0.3, -0.25) is 4.68 Å². The number of benzene rings is 2. The third-order valence-corrected chi connectivity index (χ3v) is 6.11. The summed E-state index contributed by atoms with van der Waals surface area (Å²) in [5.41, 5.74) is 3.06. The van der Waals surface area contributed by atoms with Crippen LogP contribution in [0.5, 0.6) is 17.2 Å². The second kappa shape index (κ2) is 11.6. The number of hydrogen-bond acceptors (Lipinski definition) is 7. The highest BCUT2D eigenvalue weighted by Crippen LogP contribution is 2.38. The Morgan fingerprint density at radius 3 is 2.18 bits per heavy atom. The minimum absolute atomic E-state index is 0.272. The molecule has 39 heavy (non-hydrogen) atoms. The minimum Gasteiger partial charge on any atom is -0.493 e. The van der Waals surface area contributed by atoms with Crippen LogP contribution in [-0.2, 0) is 26.2 Å². The number of rotatable bonds is 10. The normalized spacial score (nSPS) is 11.8. The van der Waals surface area contributed by atoms with Crippen LogP contribution in [0.1, 0.15) is 41.6 Å². The van der Waals surface area contributed by atoms with Crippen LogP contribution < -0.4 is 19.5 Å². The first kappa shape index (κ1) is 27.7. The predicted octanol–water partition coefficient (Wildman–Crippen LogP) is 6.14. The molecule has 0 aliphatic carbocycles. The largest absolute Gasteiger partial charge is 0.493 e. The summed E-state index contributed by atoms with van der Waals surface area (Å²) in [5.74, 6) is 2.50. The smallest absolute Gasteiger partial charge is 0.416 e. The van der Waals surface area contributed by atoms with Gasteiger partial charge in [0.05, 0.1) is 32.6 Å². The molecule has 0 saturated heterocycles. The quantitative estimate of drug-likeness (QED) is 0.258. The zero-order chi connectivity index (χ0) is 28.2. The molecule has 0 aliphatic rings. The Morgan fingerprint density at radius 2 is 1.62 bits per heavy atom. The summed E-state index contributed by atoms with van der Waals surface area (Å²) in [7, 11) is 6.46. The van der Waals surface area contributed by atoms with Gasteiger partial charge in [0.25, 0.3) is 0 Å². The van der Waals surface area contributed by atoms with Gasteiger partial charge in [0, 0.05) is 13.6 Å². The summed E-state index contributed by atoms with van der Waals surface area (Å²) < 4.78 is 56.8. The molecular formula is C28H30F3N5O3. The van der Waals surface area contributed by atoms with Gasteiger partial charge in [-0.1, -0.05) is 31.6 Å². The molecule has 2 heterocycles. The lowest BCUT2D eigenvalue weighted by Gasteiger charge is -2.13. The zero-order valence-electron chi connectivity index (χ0n) is 22.4. The van der Waals surface area contributed by atoms with Crippen LogP contribution in [0.3, 0.4) is 0 Å². The summed E-state index contributed by atoms with van der Waals surface area (Å²) in [4.78, 5) is 9.47. The van der Waals surface area contributed by atoms with E-state index >= 15 is 0 Å². The second-order valence-corrected chi connectivity index (χ2v) is 8.79. The van der Waals surface area contributed by atoms with E-state index in [-0.39, 0.29) is 6.54 Å². The number of methoxy groups -OCH3 is 3. The molecule has 4 aromatic rings. The van der Waals surface area contributed by atoms with Crippen molar-refractivity contribution in [3.8, 4) is 17.2 Å². The number of aromatic nitrogens is 4. The molecule has 11 heteroatoms. The van der Waals surface area contributed by atoms with Crippen LogP contribution in [0.4, 0.5) is 19.0 Å². The maximum Gasteiger partial charge on any atom is 0.416 e. The van der Waals surface area contributed by atoms with E-state index < -0.39 is 11.7 Å². The lowest BCUT2D eigenvalue weighted by Crippen LogP contribution is -2.07. The molecule has 0 fully saturated rings. The number of anilines is 1. The number of fused-ring (bicyclic) bond motifs is 1. The van der Waals surface area contributed by atoms with E-state index in [0.29, 0.717) is 40.0 Å². The van der Waals surface area contributed by atoms with Crippen molar-refractivity contribution >= 4 is 29.0 Å². The highest BCUT2D eigenvalue weighted by Gasteiger charge is 2.30. The van der Waals surface area contributed by atoms with E-state index in [2.05, 4.69) is 17.3 Å². The highest BCUT2D eigenvalue weighted by atomic mass is 19.4. The van der Waals surface area contributed by atoms with Gasteiger partial charge < -0.3 is 19.5 Å². The third kappa shape index (κ3) is 6.08. The fraction of sp³-hybridized carbons (Fsp3) is 0.321. The van der Waals surface area contributed by atoms with E-state index in [0.717, 1.165) is 41.7 Å². The first-order valence-corrected chi connectivity index (χ1v) is 12.3. The molecule has 2 aromatic carbocycles. The van der Waals surface area contributed by atoms with Gasteiger partial charge in [-0.15, -0.1) is 0 Å². The van der Waals surface area contributed by atoms with Crippen LogP contribution in [0.25, 0.3) is 23.2 Å². The molecule has 0 atom stereocenters. The summed E-state index contributed by atoms with van der Waals surface area (Å²) >= 11 is 0. The minimum atomic E-state index is -4.38. The number of ether oxygens (including phenoxy) is 3. The maximum atomic E-state index is 12.9. The number of nitrogens with zero attached hydrogens (tertiary/aromatic N) is 4. The topological polar surface area (TPSA) is 83.3 Å². The van der Waals surface area contributed by atoms with Crippen molar-refractivity contribution in [2.24, 2.45) is 7.05 Å². The van der Waals surface area contributed by atoms with Crippen molar-refractivity contribution in [3.63, 3.8) is 0 Å². The van der Waals surface area contributed by atoms with Crippen LogP contribution in [0, 0.1) is 0 Å². The first-order valence-electron chi connectivity index (χ1n) is 12.3. The number of alkyl halides is 3. The van der Waals surface area contributed by atoms with Gasteiger partial charge in [-0.05, 0) is 47.9 Å². The van der Waals surface area contributed by atoms with E-state index in [1.807, 2.05) is 25.3 Å². The molecule has 0 spiro atoms. The van der Waals surface area contributed by atoms with Crippen molar-refractivity contribution in [1.82, 2.24) is 19.7 Å². The Morgan fingerprint density at radius 1 is 0.949 bits per heavy atom. The highest BCUT2D eigenvalue weighted by molar-refractivity contribution is 5.89. The molecule has 0 amide bonds. The Balaban J connectivity index is 1.70. The summed E-state index contributed by atoms with van der Waals surface area (Å²) in [6.07, 6.45) is 0.853. The Kier molecular flexibility index (Phi) is 8.27. The molecular weight excluding hydrogens is 511 g/mol. The summed E-state index contributed by atoms with van der Waals surface area (Å²) in [5, 5.41) is 7.90. The molecule has 206 valence electrons. The predicted molar refractivity (Wildman–Crippen MR) is 144 cm³/mol. The van der Waals surface area contributed by atoms with Gasteiger partial charge >= 0.3 is 6.18 Å². The summed E-state index contributed by atoms with van der Waals surface area (Å²) in [6, 6.07) is 8.67. The van der Waals surface area contributed by atoms with Gasteiger partial charge in [0.1, 0.15) is 11.0 Å². The SMILES string of the molecule is CCCc1nn(C)c2c(NCc3ccc(C(F)(F)F)cc3)nc(/C=C/c3cc(OC)c(OC)c(OC)c3)nc12. The van der Waals surface area contributed by atoms with Gasteiger partial charge in [0.2, 0.25) is 5.75 Å². The van der Waals surface area contributed by atoms with Crippen molar-refractivity contribution in [2.45, 2.75) is 32.5 Å². The lowest BCUT2D eigenvalue weighted by molar-refractivity contribution is -0.137. The van der Waals surface area contributed by atoms with Crippen molar-refractivity contribution < 1.29 is 27.4 Å². The van der Waals surface area contributed by atoms with Crippen LogP contribution in [-0.4, -0.2) is 41.1 Å². The summed E-state index contributed by atoms with van der Waals surface area (Å²) in [6.45, 7) is 2.34. The molecule has 0 aliphatic heterocycles. The average Bonchev–Trinajstić information content (AvgIpc) is 3.24. The first-order chi connectivity index (χ1) is 18.7. The second-order valence-electron chi connectivity index (χ2n) is 8.79. The number of halogens is 3. The molecule has 0 unspecified atom stereocenters. The van der Waals surface area contributed by atoms with Crippen LogP contribution >= 0.6 is 0 Å².